The van der Waals surface area contributed by atoms with Gasteiger partial charge in [-0.15, -0.1) is 0 Å². The van der Waals surface area contributed by atoms with Crippen molar-refractivity contribution in [3.05, 3.63) is 29.6 Å². The van der Waals surface area contributed by atoms with Gasteiger partial charge in [-0.3, -0.25) is 4.98 Å². The van der Waals surface area contributed by atoms with Crippen LogP contribution in [0.3, 0.4) is 0 Å². The Hall–Kier alpha value is -1.62. The number of rotatable bonds is 7. The monoisotopic (exact) mass is 293 g/mol. The molecular weight excluding hydrogens is 266 g/mol. The van der Waals surface area contributed by atoms with Crippen molar-refractivity contribution in [2.75, 3.05) is 6.54 Å². The van der Waals surface area contributed by atoms with Crippen LogP contribution in [0.2, 0.25) is 0 Å². The Morgan fingerprint density at radius 3 is 2.71 bits per heavy atom. The van der Waals surface area contributed by atoms with Gasteiger partial charge in [0.2, 0.25) is 0 Å². The lowest BCUT2D eigenvalue weighted by Gasteiger charge is -2.24. The molecule has 5 heteroatoms. The maximum Gasteiger partial charge on any atom is 0.315 e. The fourth-order valence-corrected chi connectivity index (χ4v) is 1.89. The molecular formula is C16H27N3O2. The number of carbonyl (C=O) groups excluding carboxylic acids is 1. The second kappa shape index (κ2) is 7.98. The number of urea groups is 1. The Morgan fingerprint density at radius 2 is 2.10 bits per heavy atom. The molecule has 0 radical (unpaired) electrons. The minimum Gasteiger partial charge on any atom is -0.388 e. The molecule has 0 spiro atoms. The van der Waals surface area contributed by atoms with Gasteiger partial charge in [-0.1, -0.05) is 19.9 Å². The molecule has 21 heavy (non-hydrogen) atoms. The van der Waals surface area contributed by atoms with Gasteiger partial charge in [0.1, 0.15) is 0 Å². The first-order valence-corrected chi connectivity index (χ1v) is 7.45. The van der Waals surface area contributed by atoms with Crippen molar-refractivity contribution >= 4 is 6.03 Å². The Labute approximate surface area is 127 Å². The van der Waals surface area contributed by atoms with Crippen molar-refractivity contribution in [3.8, 4) is 0 Å². The van der Waals surface area contributed by atoms with E-state index in [2.05, 4.69) is 29.5 Å². The number of hydrogen-bond donors (Lipinski definition) is 3. The molecule has 118 valence electrons. The number of carbonyl (C=O) groups is 1. The predicted octanol–water partition coefficient (Wildman–Crippen LogP) is 2.38. The van der Waals surface area contributed by atoms with Gasteiger partial charge in [-0.05, 0) is 44.7 Å². The highest BCUT2D eigenvalue weighted by molar-refractivity contribution is 5.73. The highest BCUT2D eigenvalue weighted by atomic mass is 16.3. The highest BCUT2D eigenvalue weighted by Crippen LogP contribution is 2.15. The number of aliphatic hydroxyl groups is 1. The van der Waals surface area contributed by atoms with Crippen LogP contribution in [0.5, 0.6) is 0 Å². The minimum absolute atomic E-state index is 0.243. The van der Waals surface area contributed by atoms with Crippen LogP contribution >= 0.6 is 0 Å². The molecule has 1 rings (SSSR count). The lowest BCUT2D eigenvalue weighted by atomic mass is 9.95. The third-order valence-corrected chi connectivity index (χ3v) is 3.27. The standard InChI is InChI=1S/C16H27N3O2/c1-12(2)8-9-16(4,21)11-18-15(20)17-10-14-7-5-6-13(3)19-14/h5-7,12,21H,8-11H2,1-4H3,(H2,17,18,20). The van der Waals surface area contributed by atoms with Crippen molar-refractivity contribution in [3.63, 3.8) is 0 Å². The molecule has 0 aliphatic heterocycles. The number of nitrogens with one attached hydrogen (secondary N) is 2. The van der Waals surface area contributed by atoms with Crippen LogP contribution in [0.25, 0.3) is 0 Å². The van der Waals surface area contributed by atoms with Gasteiger partial charge in [0.05, 0.1) is 17.8 Å². The van der Waals surface area contributed by atoms with Crippen molar-refractivity contribution in [1.82, 2.24) is 15.6 Å². The Balaban J connectivity index is 2.30. The van der Waals surface area contributed by atoms with E-state index in [1.807, 2.05) is 25.1 Å². The lowest BCUT2D eigenvalue weighted by Crippen LogP contribution is -2.44. The SMILES string of the molecule is Cc1cccc(CNC(=O)NCC(C)(O)CCC(C)C)n1. The summed E-state index contributed by atoms with van der Waals surface area (Å²) >= 11 is 0. The first-order valence-electron chi connectivity index (χ1n) is 7.45. The van der Waals surface area contributed by atoms with Gasteiger partial charge in [0, 0.05) is 12.2 Å². The number of nitrogens with zero attached hydrogens (tertiary/aromatic N) is 1. The number of aryl methyl sites for hydroxylation is 1. The molecule has 1 aromatic rings. The van der Waals surface area contributed by atoms with E-state index in [4.69, 9.17) is 0 Å². The smallest absolute Gasteiger partial charge is 0.315 e. The van der Waals surface area contributed by atoms with Crippen LogP contribution in [0.4, 0.5) is 4.79 Å². The van der Waals surface area contributed by atoms with E-state index in [0.717, 1.165) is 17.8 Å². The normalized spacial score (nSPS) is 13.8. The van der Waals surface area contributed by atoms with Crippen LogP contribution in [0, 0.1) is 12.8 Å². The van der Waals surface area contributed by atoms with Crippen LogP contribution in [0.15, 0.2) is 18.2 Å². The van der Waals surface area contributed by atoms with Gasteiger partial charge >= 0.3 is 6.03 Å². The van der Waals surface area contributed by atoms with Gasteiger partial charge in [-0.2, -0.15) is 0 Å². The molecule has 1 unspecified atom stereocenters. The molecule has 1 atom stereocenters. The number of aromatic nitrogens is 1. The van der Waals surface area contributed by atoms with E-state index in [1.54, 1.807) is 6.92 Å². The average molecular weight is 293 g/mol. The quantitative estimate of drug-likeness (QED) is 0.722. The fraction of sp³-hybridized carbons (Fsp3) is 0.625. The van der Waals surface area contributed by atoms with Crippen molar-refractivity contribution in [2.45, 2.75) is 52.7 Å². The summed E-state index contributed by atoms with van der Waals surface area (Å²) in [6, 6.07) is 5.40. The lowest BCUT2D eigenvalue weighted by molar-refractivity contribution is 0.0476. The minimum atomic E-state index is -0.872. The summed E-state index contributed by atoms with van der Waals surface area (Å²) in [4.78, 5) is 16.0. The van der Waals surface area contributed by atoms with Crippen LogP contribution < -0.4 is 10.6 Å². The second-order valence-corrected chi connectivity index (χ2v) is 6.24. The summed E-state index contributed by atoms with van der Waals surface area (Å²) in [5.74, 6) is 0.540. The fourth-order valence-electron chi connectivity index (χ4n) is 1.89. The molecule has 0 fully saturated rings. The van der Waals surface area contributed by atoms with Crippen LogP contribution in [0.1, 0.15) is 45.0 Å². The molecule has 3 N–H and O–H groups in total. The maximum atomic E-state index is 11.7. The second-order valence-electron chi connectivity index (χ2n) is 6.24. The number of hydrogen-bond acceptors (Lipinski definition) is 3. The zero-order valence-corrected chi connectivity index (χ0v) is 13.4. The molecule has 0 saturated carbocycles. The summed E-state index contributed by atoms with van der Waals surface area (Å²) in [5.41, 5.74) is 0.867. The van der Waals surface area contributed by atoms with Gasteiger partial charge in [0.25, 0.3) is 0 Å². The molecule has 0 aliphatic rings. The molecule has 0 aliphatic carbocycles. The van der Waals surface area contributed by atoms with E-state index >= 15 is 0 Å². The highest BCUT2D eigenvalue weighted by Gasteiger charge is 2.21. The van der Waals surface area contributed by atoms with E-state index in [9.17, 15) is 9.90 Å². The summed E-state index contributed by atoms with van der Waals surface area (Å²) in [7, 11) is 0. The first-order chi connectivity index (χ1) is 9.78. The zero-order valence-electron chi connectivity index (χ0n) is 13.4. The zero-order chi connectivity index (χ0) is 15.9. The number of amides is 2. The maximum absolute atomic E-state index is 11.7. The molecule has 5 nitrogen and oxygen atoms in total. The van der Waals surface area contributed by atoms with Gasteiger partial charge < -0.3 is 15.7 Å². The largest absolute Gasteiger partial charge is 0.388 e. The van der Waals surface area contributed by atoms with Crippen LogP contribution in [-0.4, -0.2) is 28.3 Å². The van der Waals surface area contributed by atoms with Gasteiger partial charge in [-0.25, -0.2) is 4.79 Å². The molecule has 0 aromatic carbocycles. The van der Waals surface area contributed by atoms with E-state index in [-0.39, 0.29) is 12.6 Å². The summed E-state index contributed by atoms with van der Waals surface area (Å²) in [6.45, 7) is 8.51. The average Bonchev–Trinajstić information content (AvgIpc) is 2.41. The number of pyridine rings is 1. The molecule has 2 amide bonds. The van der Waals surface area contributed by atoms with Gasteiger partial charge in [0.15, 0.2) is 0 Å². The predicted molar refractivity (Wildman–Crippen MR) is 83.9 cm³/mol. The van der Waals surface area contributed by atoms with Crippen molar-refractivity contribution in [2.24, 2.45) is 5.92 Å². The Kier molecular flexibility index (Phi) is 6.62. The Bertz CT molecular complexity index is 459. The first kappa shape index (κ1) is 17.4. The van der Waals surface area contributed by atoms with Crippen molar-refractivity contribution in [1.29, 1.82) is 0 Å². The summed E-state index contributed by atoms with van der Waals surface area (Å²) in [5, 5.41) is 15.6. The molecule has 0 bridgehead atoms. The van der Waals surface area contributed by atoms with Crippen molar-refractivity contribution < 1.29 is 9.90 Å². The van der Waals surface area contributed by atoms with E-state index < -0.39 is 5.60 Å². The van der Waals surface area contributed by atoms with Crippen LogP contribution in [-0.2, 0) is 6.54 Å². The Morgan fingerprint density at radius 1 is 1.38 bits per heavy atom. The summed E-state index contributed by atoms with van der Waals surface area (Å²) in [6.07, 6.45) is 1.61. The third kappa shape index (κ3) is 7.66. The van der Waals surface area contributed by atoms with E-state index in [1.165, 1.54) is 0 Å². The third-order valence-electron chi connectivity index (χ3n) is 3.27. The molecule has 0 saturated heterocycles. The van der Waals surface area contributed by atoms with E-state index in [0.29, 0.717) is 18.9 Å². The molecule has 1 heterocycles. The molecule has 1 aromatic heterocycles. The topological polar surface area (TPSA) is 74.2 Å². The summed E-state index contributed by atoms with van der Waals surface area (Å²) < 4.78 is 0.